The highest BCUT2D eigenvalue weighted by atomic mass is 16.5. The first kappa shape index (κ1) is 13.5. The monoisotopic (exact) mass is 228 g/mol. The van der Waals surface area contributed by atoms with E-state index in [-0.39, 0.29) is 17.9 Å². The summed E-state index contributed by atoms with van der Waals surface area (Å²) in [5.74, 6) is 0.452. The van der Waals surface area contributed by atoms with Gasteiger partial charge in [-0.25, -0.2) is 0 Å². The Bertz CT molecular complexity index is 231. The fraction of sp³-hybridized carbons (Fsp3) is 0.917. The average molecular weight is 228 g/mol. The zero-order valence-electron chi connectivity index (χ0n) is 10.6. The quantitative estimate of drug-likeness (QED) is 0.709. The summed E-state index contributed by atoms with van der Waals surface area (Å²) in [4.78, 5) is 13.8. The summed E-state index contributed by atoms with van der Waals surface area (Å²) < 4.78 is 5.00. The van der Waals surface area contributed by atoms with Crippen LogP contribution in [0.2, 0.25) is 0 Å². The summed E-state index contributed by atoms with van der Waals surface area (Å²) in [6, 6.07) is 0.253. The van der Waals surface area contributed by atoms with Gasteiger partial charge < -0.3 is 15.4 Å². The number of esters is 1. The number of likely N-dealkylation sites (tertiary alicyclic amines) is 1. The van der Waals surface area contributed by atoms with Crippen LogP contribution in [0.25, 0.3) is 0 Å². The van der Waals surface area contributed by atoms with Crippen LogP contribution in [0.4, 0.5) is 0 Å². The molecule has 0 aromatic carbocycles. The van der Waals surface area contributed by atoms with E-state index in [0.29, 0.717) is 12.5 Å². The molecule has 0 amide bonds. The van der Waals surface area contributed by atoms with E-state index < -0.39 is 0 Å². The summed E-state index contributed by atoms with van der Waals surface area (Å²) in [7, 11) is 0. The number of ether oxygens (including phenoxy) is 1. The van der Waals surface area contributed by atoms with Gasteiger partial charge >= 0.3 is 5.97 Å². The highest BCUT2D eigenvalue weighted by Crippen LogP contribution is 2.19. The van der Waals surface area contributed by atoms with Gasteiger partial charge in [-0.05, 0) is 32.7 Å². The normalized spacial score (nSPS) is 25.4. The maximum atomic E-state index is 11.5. The lowest BCUT2D eigenvalue weighted by Crippen LogP contribution is -2.33. The second-order valence-corrected chi connectivity index (χ2v) is 4.82. The Morgan fingerprint density at radius 1 is 1.56 bits per heavy atom. The molecule has 0 aromatic heterocycles. The van der Waals surface area contributed by atoms with E-state index in [1.165, 1.54) is 0 Å². The lowest BCUT2D eigenvalue weighted by Gasteiger charge is -2.20. The number of hydrogen-bond donors (Lipinski definition) is 1. The summed E-state index contributed by atoms with van der Waals surface area (Å²) in [5, 5.41) is 0. The van der Waals surface area contributed by atoms with E-state index in [4.69, 9.17) is 10.5 Å². The molecule has 2 N–H and O–H groups in total. The first-order chi connectivity index (χ1) is 7.54. The summed E-state index contributed by atoms with van der Waals surface area (Å²) >= 11 is 0. The minimum atomic E-state index is -0.0910. The van der Waals surface area contributed by atoms with Crippen molar-refractivity contribution in [3.8, 4) is 0 Å². The van der Waals surface area contributed by atoms with Crippen molar-refractivity contribution in [3.63, 3.8) is 0 Å². The molecule has 0 radical (unpaired) electrons. The molecule has 4 nitrogen and oxygen atoms in total. The Balaban J connectivity index is 2.31. The molecule has 1 saturated heterocycles. The third kappa shape index (κ3) is 3.76. The van der Waals surface area contributed by atoms with Crippen LogP contribution < -0.4 is 5.73 Å². The van der Waals surface area contributed by atoms with Gasteiger partial charge in [0.2, 0.25) is 0 Å². The van der Waals surface area contributed by atoms with Crippen LogP contribution in [-0.4, -0.2) is 43.2 Å². The van der Waals surface area contributed by atoms with Gasteiger partial charge in [0.25, 0.3) is 0 Å². The molecular weight excluding hydrogens is 204 g/mol. The third-order valence-corrected chi connectivity index (χ3v) is 3.27. The zero-order chi connectivity index (χ0) is 12.1. The molecule has 3 atom stereocenters. The number of carbonyl (C=O) groups is 1. The second kappa shape index (κ2) is 6.21. The number of hydrogen-bond acceptors (Lipinski definition) is 4. The number of carbonyl (C=O) groups excluding carboxylic acids is 1. The topological polar surface area (TPSA) is 55.6 Å². The van der Waals surface area contributed by atoms with Crippen LogP contribution in [0, 0.1) is 11.8 Å². The molecule has 4 heteroatoms. The molecule has 1 heterocycles. The predicted molar refractivity (Wildman–Crippen MR) is 64.0 cm³/mol. The Hall–Kier alpha value is -0.610. The SMILES string of the molecule is CCOC(=O)C(C)CN1CCC(C(C)N)C1. The maximum Gasteiger partial charge on any atom is 0.309 e. The second-order valence-electron chi connectivity index (χ2n) is 4.82. The largest absolute Gasteiger partial charge is 0.466 e. The molecule has 1 aliphatic rings. The van der Waals surface area contributed by atoms with Gasteiger partial charge in [0.15, 0.2) is 0 Å². The Labute approximate surface area is 98.1 Å². The van der Waals surface area contributed by atoms with E-state index in [9.17, 15) is 4.79 Å². The van der Waals surface area contributed by atoms with E-state index in [2.05, 4.69) is 11.8 Å². The first-order valence-corrected chi connectivity index (χ1v) is 6.19. The standard InChI is InChI=1S/C12H24N2O2/c1-4-16-12(15)9(2)7-14-6-5-11(8-14)10(3)13/h9-11H,4-8,13H2,1-3H3. The van der Waals surface area contributed by atoms with Gasteiger partial charge in [-0.1, -0.05) is 6.92 Å². The van der Waals surface area contributed by atoms with Crippen molar-refractivity contribution >= 4 is 5.97 Å². The summed E-state index contributed by atoms with van der Waals surface area (Å²) in [6.07, 6.45) is 1.15. The number of nitrogens with zero attached hydrogens (tertiary/aromatic N) is 1. The molecule has 16 heavy (non-hydrogen) atoms. The van der Waals surface area contributed by atoms with Crippen molar-refractivity contribution < 1.29 is 9.53 Å². The van der Waals surface area contributed by atoms with Crippen LogP contribution in [0.1, 0.15) is 27.2 Å². The van der Waals surface area contributed by atoms with Gasteiger partial charge in [-0.2, -0.15) is 0 Å². The van der Waals surface area contributed by atoms with Crippen LogP contribution in [0.15, 0.2) is 0 Å². The molecule has 0 spiro atoms. The number of rotatable bonds is 5. The van der Waals surface area contributed by atoms with Gasteiger partial charge in [-0.15, -0.1) is 0 Å². The van der Waals surface area contributed by atoms with Crippen molar-refractivity contribution in [1.29, 1.82) is 0 Å². The molecule has 1 fully saturated rings. The molecule has 0 aromatic rings. The molecule has 1 aliphatic heterocycles. The Morgan fingerprint density at radius 2 is 2.25 bits per heavy atom. The Morgan fingerprint density at radius 3 is 2.75 bits per heavy atom. The molecule has 0 aliphatic carbocycles. The lowest BCUT2D eigenvalue weighted by molar-refractivity contribution is -0.147. The Kier molecular flexibility index (Phi) is 5.22. The van der Waals surface area contributed by atoms with Gasteiger partial charge in [0.1, 0.15) is 0 Å². The molecule has 0 bridgehead atoms. The summed E-state index contributed by atoms with van der Waals surface area (Å²) in [6.45, 7) is 9.15. The minimum Gasteiger partial charge on any atom is -0.466 e. The molecule has 94 valence electrons. The average Bonchev–Trinajstić information content (AvgIpc) is 2.66. The third-order valence-electron chi connectivity index (χ3n) is 3.27. The van der Waals surface area contributed by atoms with Crippen LogP contribution in [0.3, 0.4) is 0 Å². The van der Waals surface area contributed by atoms with Crippen LogP contribution in [-0.2, 0) is 9.53 Å². The fourth-order valence-electron chi connectivity index (χ4n) is 2.20. The number of nitrogens with two attached hydrogens (primary N) is 1. The maximum absolute atomic E-state index is 11.5. The van der Waals surface area contributed by atoms with E-state index in [0.717, 1.165) is 26.1 Å². The van der Waals surface area contributed by atoms with E-state index in [1.807, 2.05) is 13.8 Å². The highest BCUT2D eigenvalue weighted by Gasteiger charge is 2.27. The highest BCUT2D eigenvalue weighted by molar-refractivity contribution is 5.72. The van der Waals surface area contributed by atoms with Gasteiger partial charge in [0, 0.05) is 19.1 Å². The zero-order valence-corrected chi connectivity index (χ0v) is 10.6. The smallest absolute Gasteiger partial charge is 0.309 e. The fourth-order valence-corrected chi connectivity index (χ4v) is 2.20. The van der Waals surface area contributed by atoms with Crippen molar-refractivity contribution in [2.24, 2.45) is 17.6 Å². The van der Waals surface area contributed by atoms with Crippen LogP contribution in [0.5, 0.6) is 0 Å². The molecule has 0 saturated carbocycles. The predicted octanol–water partition coefficient (Wildman–Crippen LogP) is 0.855. The first-order valence-electron chi connectivity index (χ1n) is 6.19. The minimum absolute atomic E-state index is 0.0354. The molecule has 1 rings (SSSR count). The van der Waals surface area contributed by atoms with Crippen LogP contribution >= 0.6 is 0 Å². The molecular formula is C12H24N2O2. The van der Waals surface area contributed by atoms with Crippen molar-refractivity contribution in [1.82, 2.24) is 4.90 Å². The van der Waals surface area contributed by atoms with Gasteiger partial charge in [0.05, 0.1) is 12.5 Å². The van der Waals surface area contributed by atoms with Crippen molar-refractivity contribution in [2.75, 3.05) is 26.2 Å². The van der Waals surface area contributed by atoms with E-state index in [1.54, 1.807) is 0 Å². The lowest BCUT2D eigenvalue weighted by atomic mass is 10.0. The van der Waals surface area contributed by atoms with E-state index >= 15 is 0 Å². The molecule has 3 unspecified atom stereocenters. The van der Waals surface area contributed by atoms with Crippen molar-refractivity contribution in [2.45, 2.75) is 33.2 Å². The van der Waals surface area contributed by atoms with Crippen molar-refractivity contribution in [3.05, 3.63) is 0 Å². The summed E-state index contributed by atoms with van der Waals surface area (Å²) in [5.41, 5.74) is 5.88. The van der Waals surface area contributed by atoms with Gasteiger partial charge in [-0.3, -0.25) is 4.79 Å².